The molecule has 0 radical (unpaired) electrons. The number of allylic oxidation sites excluding steroid dienone is 2. The average Bonchev–Trinajstić information content (AvgIpc) is 3.19. The number of rotatable bonds is 7. The molecule has 4 heteroatoms. The van der Waals surface area contributed by atoms with Gasteiger partial charge in [-0.2, -0.15) is 0 Å². The maximum Gasteiger partial charge on any atom is 0.143 e. The molecule has 3 nitrogen and oxygen atoms in total. The van der Waals surface area contributed by atoms with Gasteiger partial charge in [0.15, 0.2) is 0 Å². The van der Waals surface area contributed by atoms with Gasteiger partial charge in [-0.25, -0.2) is 0 Å². The first-order chi connectivity index (χ1) is 11.6. The second kappa shape index (κ2) is 8.88. The van der Waals surface area contributed by atoms with E-state index in [1.165, 1.54) is 20.9 Å². The van der Waals surface area contributed by atoms with Gasteiger partial charge in [-0.1, -0.05) is 26.3 Å². The molecule has 2 heterocycles. The van der Waals surface area contributed by atoms with Crippen LogP contribution in [0.25, 0.3) is 0 Å². The average molecular weight is 345 g/mol. The maximum absolute atomic E-state index is 5.42. The van der Waals surface area contributed by atoms with Crippen molar-refractivity contribution in [3.63, 3.8) is 0 Å². The molecule has 2 aromatic rings. The number of aliphatic imine (C=N–C) groups is 1. The van der Waals surface area contributed by atoms with E-state index in [0.29, 0.717) is 6.54 Å². The predicted octanol–water partition coefficient (Wildman–Crippen LogP) is 5.76. The summed E-state index contributed by atoms with van der Waals surface area (Å²) in [5, 5.41) is 3.52. The Kier molecular flexibility index (Phi) is 6.85. The van der Waals surface area contributed by atoms with E-state index in [-0.39, 0.29) is 0 Å². The largest absolute Gasteiger partial charge is 0.467 e. The van der Waals surface area contributed by atoms with Crippen molar-refractivity contribution in [2.75, 3.05) is 0 Å². The first-order valence-electron chi connectivity index (χ1n) is 8.66. The molecule has 0 unspecified atom stereocenters. The number of nitrogens with zero attached hydrogens (tertiary/aromatic N) is 1. The topological polar surface area (TPSA) is 37.5 Å². The van der Waals surface area contributed by atoms with Crippen LogP contribution in [0.15, 0.2) is 39.6 Å². The third kappa shape index (κ3) is 4.60. The minimum Gasteiger partial charge on any atom is -0.467 e. The molecule has 0 saturated heterocycles. The van der Waals surface area contributed by atoms with Crippen LogP contribution in [-0.4, -0.2) is 5.84 Å². The van der Waals surface area contributed by atoms with Crippen LogP contribution >= 0.6 is 11.3 Å². The molecule has 2 rings (SSSR count). The zero-order chi connectivity index (χ0) is 17.5. The lowest BCUT2D eigenvalue weighted by molar-refractivity contribution is 0.512. The monoisotopic (exact) mass is 344 g/mol. The summed E-state index contributed by atoms with van der Waals surface area (Å²) in [6, 6.07) is 3.87. The molecule has 0 fully saturated rings. The van der Waals surface area contributed by atoms with E-state index in [2.05, 4.69) is 46.0 Å². The van der Waals surface area contributed by atoms with Crippen molar-refractivity contribution in [1.29, 1.82) is 0 Å². The van der Waals surface area contributed by atoms with Crippen LogP contribution in [0.1, 0.15) is 60.3 Å². The standard InChI is InChI=1S/C20H28N2OS/c1-6-8-10-14(3)22-20(21-13-17-11-9-12-23-17)19-16(5)15(4)18(7-2)24-19/h9-12H,6-8,13H2,1-5H3,(H,21,22)/b14-10+. The fourth-order valence-corrected chi connectivity index (χ4v) is 3.76. The fraction of sp³-hybridized carbons (Fsp3) is 0.450. The van der Waals surface area contributed by atoms with E-state index in [9.17, 15) is 0 Å². The highest BCUT2D eigenvalue weighted by Crippen LogP contribution is 2.28. The van der Waals surface area contributed by atoms with Crippen molar-refractivity contribution in [3.05, 3.63) is 56.8 Å². The second-order valence-electron chi connectivity index (χ2n) is 6.00. The number of hydrogen-bond acceptors (Lipinski definition) is 3. The van der Waals surface area contributed by atoms with Crippen LogP contribution in [0.4, 0.5) is 0 Å². The normalized spacial score (nSPS) is 12.7. The minimum absolute atomic E-state index is 0.550. The second-order valence-corrected chi connectivity index (χ2v) is 7.11. The number of aryl methyl sites for hydroxylation is 1. The summed E-state index contributed by atoms with van der Waals surface area (Å²) < 4.78 is 5.42. The Hall–Kier alpha value is -1.81. The van der Waals surface area contributed by atoms with Crippen molar-refractivity contribution in [3.8, 4) is 0 Å². The number of furan rings is 1. The third-order valence-corrected chi connectivity index (χ3v) is 5.66. The van der Waals surface area contributed by atoms with Gasteiger partial charge in [0.05, 0.1) is 17.7 Å². The van der Waals surface area contributed by atoms with E-state index >= 15 is 0 Å². The highest BCUT2D eigenvalue weighted by atomic mass is 32.1. The molecule has 0 aromatic carbocycles. The van der Waals surface area contributed by atoms with Gasteiger partial charge in [-0.05, 0) is 56.9 Å². The van der Waals surface area contributed by atoms with Crippen LogP contribution in [0.2, 0.25) is 0 Å². The van der Waals surface area contributed by atoms with Gasteiger partial charge in [-0.3, -0.25) is 4.99 Å². The summed E-state index contributed by atoms with van der Waals surface area (Å²) in [6.07, 6.45) is 7.22. The van der Waals surface area contributed by atoms with Crippen LogP contribution in [-0.2, 0) is 13.0 Å². The van der Waals surface area contributed by atoms with Crippen LogP contribution < -0.4 is 5.32 Å². The van der Waals surface area contributed by atoms with E-state index in [1.807, 2.05) is 23.5 Å². The van der Waals surface area contributed by atoms with Crippen LogP contribution in [0.3, 0.4) is 0 Å². The highest BCUT2D eigenvalue weighted by Gasteiger charge is 2.15. The number of thiophene rings is 1. The molecule has 130 valence electrons. The molecular weight excluding hydrogens is 316 g/mol. The smallest absolute Gasteiger partial charge is 0.143 e. The van der Waals surface area contributed by atoms with Crippen LogP contribution in [0, 0.1) is 13.8 Å². The third-order valence-electron chi connectivity index (χ3n) is 4.11. The van der Waals surface area contributed by atoms with Crippen molar-refractivity contribution < 1.29 is 4.42 Å². The molecular formula is C20H28N2OS. The van der Waals surface area contributed by atoms with Crippen molar-refractivity contribution in [2.24, 2.45) is 4.99 Å². The Morgan fingerprint density at radius 1 is 1.29 bits per heavy atom. The Morgan fingerprint density at radius 3 is 2.67 bits per heavy atom. The lowest BCUT2D eigenvalue weighted by Crippen LogP contribution is -2.23. The van der Waals surface area contributed by atoms with E-state index < -0.39 is 0 Å². The first-order valence-corrected chi connectivity index (χ1v) is 9.48. The maximum atomic E-state index is 5.42. The van der Waals surface area contributed by atoms with Gasteiger partial charge in [0.25, 0.3) is 0 Å². The van der Waals surface area contributed by atoms with Crippen molar-refractivity contribution in [1.82, 2.24) is 5.32 Å². The Bertz CT molecular complexity index is 708. The number of amidine groups is 1. The first kappa shape index (κ1) is 18.5. The zero-order valence-electron chi connectivity index (χ0n) is 15.4. The van der Waals surface area contributed by atoms with E-state index in [4.69, 9.17) is 9.41 Å². The molecule has 0 aliphatic rings. The number of hydrogen-bond donors (Lipinski definition) is 1. The van der Waals surface area contributed by atoms with Gasteiger partial charge in [-0.15, -0.1) is 11.3 Å². The molecule has 0 aliphatic heterocycles. The van der Waals surface area contributed by atoms with E-state index in [1.54, 1.807) is 6.26 Å². The molecule has 0 amide bonds. The Balaban J connectivity index is 2.33. The summed E-state index contributed by atoms with van der Waals surface area (Å²) in [4.78, 5) is 7.49. The SMILES string of the molecule is CCC/C=C(\C)NC(=NCc1ccco1)c1sc(CC)c(C)c1C. The molecule has 0 atom stereocenters. The summed E-state index contributed by atoms with van der Waals surface area (Å²) in [7, 11) is 0. The molecule has 1 N–H and O–H groups in total. The number of nitrogens with one attached hydrogen (secondary N) is 1. The summed E-state index contributed by atoms with van der Waals surface area (Å²) in [5.41, 5.74) is 3.87. The van der Waals surface area contributed by atoms with Gasteiger partial charge in [0.2, 0.25) is 0 Å². The summed E-state index contributed by atoms with van der Waals surface area (Å²) in [5.74, 6) is 1.83. The van der Waals surface area contributed by atoms with Crippen molar-refractivity contribution in [2.45, 2.75) is 60.4 Å². The quantitative estimate of drug-likeness (QED) is 0.512. The molecule has 0 spiro atoms. The zero-order valence-corrected chi connectivity index (χ0v) is 16.2. The lowest BCUT2D eigenvalue weighted by Gasteiger charge is -2.10. The van der Waals surface area contributed by atoms with Gasteiger partial charge in [0, 0.05) is 10.6 Å². The highest BCUT2D eigenvalue weighted by molar-refractivity contribution is 7.14. The van der Waals surface area contributed by atoms with Gasteiger partial charge < -0.3 is 9.73 Å². The lowest BCUT2D eigenvalue weighted by atomic mass is 10.1. The Morgan fingerprint density at radius 2 is 2.08 bits per heavy atom. The van der Waals surface area contributed by atoms with Gasteiger partial charge >= 0.3 is 0 Å². The van der Waals surface area contributed by atoms with Crippen LogP contribution in [0.5, 0.6) is 0 Å². The summed E-state index contributed by atoms with van der Waals surface area (Å²) in [6.45, 7) is 11.5. The van der Waals surface area contributed by atoms with Crippen molar-refractivity contribution >= 4 is 17.2 Å². The molecule has 2 aromatic heterocycles. The fourth-order valence-electron chi connectivity index (χ4n) is 2.55. The molecule has 0 saturated carbocycles. The number of unbranched alkanes of at least 4 members (excludes halogenated alkanes) is 1. The van der Waals surface area contributed by atoms with Gasteiger partial charge in [0.1, 0.15) is 11.6 Å². The molecule has 0 aliphatic carbocycles. The minimum atomic E-state index is 0.550. The van der Waals surface area contributed by atoms with E-state index in [0.717, 1.165) is 36.6 Å². The Labute approximate surface area is 149 Å². The molecule has 24 heavy (non-hydrogen) atoms. The molecule has 0 bridgehead atoms. The summed E-state index contributed by atoms with van der Waals surface area (Å²) >= 11 is 1.85. The predicted molar refractivity (Wildman–Crippen MR) is 104 cm³/mol.